The molecule has 4 nitrogen and oxygen atoms in total. The van der Waals surface area contributed by atoms with Crippen LogP contribution in [-0.2, 0) is 20.7 Å². The van der Waals surface area contributed by atoms with Crippen molar-refractivity contribution >= 4 is 23.3 Å². The molecule has 0 fully saturated rings. The van der Waals surface area contributed by atoms with Gasteiger partial charge in [0, 0.05) is 4.88 Å². The first-order chi connectivity index (χ1) is 10.2. The number of carbonyl (C=O) groups is 2. The van der Waals surface area contributed by atoms with Crippen molar-refractivity contribution in [3.8, 4) is 10.4 Å². The van der Waals surface area contributed by atoms with Crippen molar-refractivity contribution in [2.24, 2.45) is 0 Å². The molecular formula is C16H16O4S. The summed E-state index contributed by atoms with van der Waals surface area (Å²) in [5, 5.41) is 1.94. The van der Waals surface area contributed by atoms with Gasteiger partial charge in [-0.05, 0) is 41.6 Å². The van der Waals surface area contributed by atoms with E-state index in [4.69, 9.17) is 9.47 Å². The molecule has 2 aromatic rings. The van der Waals surface area contributed by atoms with Crippen LogP contribution in [0.4, 0.5) is 0 Å². The molecule has 0 saturated heterocycles. The number of thiophene rings is 1. The normalized spacial score (nSPS) is 10.2. The number of hydrogen-bond acceptors (Lipinski definition) is 5. The van der Waals surface area contributed by atoms with E-state index in [1.807, 2.05) is 23.6 Å². The highest BCUT2D eigenvalue weighted by molar-refractivity contribution is 7.13. The Morgan fingerprint density at radius 1 is 1.14 bits per heavy atom. The smallest absolute Gasteiger partial charge is 0.338 e. The van der Waals surface area contributed by atoms with Gasteiger partial charge < -0.3 is 9.47 Å². The molecule has 1 heterocycles. The van der Waals surface area contributed by atoms with E-state index in [0.717, 1.165) is 16.0 Å². The fraction of sp³-hybridized carbons (Fsp3) is 0.250. The highest BCUT2D eigenvalue weighted by Crippen LogP contribution is 2.30. The van der Waals surface area contributed by atoms with Gasteiger partial charge in [-0.2, -0.15) is 0 Å². The summed E-state index contributed by atoms with van der Waals surface area (Å²) in [5.74, 6) is -0.595. The summed E-state index contributed by atoms with van der Waals surface area (Å²) in [6.07, 6.45) is 0.245. The fourth-order valence-electron chi connectivity index (χ4n) is 1.93. The van der Waals surface area contributed by atoms with Gasteiger partial charge in [-0.3, -0.25) is 4.79 Å². The number of ether oxygens (including phenoxy) is 2. The summed E-state index contributed by atoms with van der Waals surface area (Å²) in [5.41, 5.74) is 2.42. The molecule has 0 radical (unpaired) electrons. The third-order valence-corrected chi connectivity index (χ3v) is 3.97. The second-order valence-electron chi connectivity index (χ2n) is 4.33. The molecule has 0 amide bonds. The number of rotatable bonds is 5. The Balaban J connectivity index is 2.21. The lowest BCUT2D eigenvalue weighted by Gasteiger charge is -2.05. The summed E-state index contributed by atoms with van der Waals surface area (Å²) in [6, 6.07) is 9.10. The van der Waals surface area contributed by atoms with E-state index in [1.165, 1.54) is 7.11 Å². The van der Waals surface area contributed by atoms with Crippen molar-refractivity contribution in [3.63, 3.8) is 0 Å². The Bertz CT molecular complexity index is 628. The summed E-state index contributed by atoms with van der Waals surface area (Å²) in [4.78, 5) is 24.0. The minimum absolute atomic E-state index is 0.245. The predicted octanol–water partition coefficient (Wildman–Crippen LogP) is 3.31. The fourth-order valence-corrected chi connectivity index (χ4v) is 2.86. The van der Waals surface area contributed by atoms with Crippen LogP contribution in [0.3, 0.4) is 0 Å². The molecule has 0 aliphatic rings. The summed E-state index contributed by atoms with van der Waals surface area (Å²) < 4.78 is 9.65. The van der Waals surface area contributed by atoms with Gasteiger partial charge in [-0.25, -0.2) is 4.79 Å². The molecule has 0 spiro atoms. The Hall–Kier alpha value is -2.14. The third-order valence-electron chi connectivity index (χ3n) is 2.97. The van der Waals surface area contributed by atoms with Crippen LogP contribution in [0.1, 0.15) is 22.8 Å². The van der Waals surface area contributed by atoms with Gasteiger partial charge in [-0.15, -0.1) is 11.3 Å². The van der Waals surface area contributed by atoms with E-state index >= 15 is 0 Å². The van der Waals surface area contributed by atoms with Gasteiger partial charge >= 0.3 is 11.9 Å². The van der Waals surface area contributed by atoms with Gasteiger partial charge in [0.25, 0.3) is 0 Å². The lowest BCUT2D eigenvalue weighted by molar-refractivity contribution is -0.139. The second-order valence-corrected chi connectivity index (χ2v) is 5.24. The Kier molecular flexibility index (Phi) is 5.11. The Labute approximate surface area is 127 Å². The first-order valence-corrected chi connectivity index (χ1v) is 7.44. The van der Waals surface area contributed by atoms with Crippen LogP contribution >= 0.6 is 11.3 Å². The van der Waals surface area contributed by atoms with Crippen molar-refractivity contribution < 1.29 is 19.1 Å². The molecule has 0 atom stereocenters. The van der Waals surface area contributed by atoms with Gasteiger partial charge in [0.1, 0.15) is 0 Å². The van der Waals surface area contributed by atoms with Crippen molar-refractivity contribution in [1.82, 2.24) is 0 Å². The molecule has 1 aromatic carbocycles. The first kappa shape index (κ1) is 15.3. The molecule has 0 N–H and O–H groups in total. The van der Waals surface area contributed by atoms with Crippen molar-refractivity contribution in [2.45, 2.75) is 13.3 Å². The maximum absolute atomic E-state index is 11.6. The Morgan fingerprint density at radius 2 is 1.86 bits per heavy atom. The van der Waals surface area contributed by atoms with Crippen LogP contribution in [0.25, 0.3) is 10.4 Å². The van der Waals surface area contributed by atoms with Crippen LogP contribution in [-0.4, -0.2) is 25.7 Å². The summed E-state index contributed by atoms with van der Waals surface area (Å²) in [6.45, 7) is 2.13. The maximum Gasteiger partial charge on any atom is 0.338 e. The van der Waals surface area contributed by atoms with E-state index in [0.29, 0.717) is 12.2 Å². The predicted molar refractivity (Wildman–Crippen MR) is 81.4 cm³/mol. The zero-order valence-electron chi connectivity index (χ0n) is 11.9. The van der Waals surface area contributed by atoms with E-state index in [1.54, 1.807) is 30.4 Å². The number of esters is 2. The zero-order chi connectivity index (χ0) is 15.2. The van der Waals surface area contributed by atoms with Crippen molar-refractivity contribution in [1.29, 1.82) is 0 Å². The van der Waals surface area contributed by atoms with Crippen molar-refractivity contribution in [3.05, 3.63) is 46.8 Å². The summed E-state index contributed by atoms with van der Waals surface area (Å²) in [7, 11) is 1.38. The lowest BCUT2D eigenvalue weighted by Crippen LogP contribution is -2.05. The molecule has 1 aromatic heterocycles. The molecule has 0 bridgehead atoms. The highest BCUT2D eigenvalue weighted by atomic mass is 32.1. The standard InChI is InChI=1S/C16H16O4S/c1-3-20-16(18)12-6-4-11(5-7-12)15-13(8-9-21-15)10-14(17)19-2/h4-9H,3,10H2,1-2H3. The van der Waals surface area contributed by atoms with Gasteiger partial charge in [0.15, 0.2) is 0 Å². The number of methoxy groups -OCH3 is 1. The van der Waals surface area contributed by atoms with E-state index in [-0.39, 0.29) is 18.4 Å². The molecule has 5 heteroatoms. The van der Waals surface area contributed by atoms with Gasteiger partial charge in [-0.1, -0.05) is 12.1 Å². The minimum Gasteiger partial charge on any atom is -0.469 e. The molecule has 0 aliphatic heterocycles. The number of hydrogen-bond donors (Lipinski definition) is 0. The maximum atomic E-state index is 11.6. The van der Waals surface area contributed by atoms with Crippen LogP contribution in [0, 0.1) is 0 Å². The number of carbonyl (C=O) groups excluding carboxylic acids is 2. The van der Waals surface area contributed by atoms with Crippen LogP contribution in [0.15, 0.2) is 35.7 Å². The zero-order valence-corrected chi connectivity index (χ0v) is 12.7. The van der Waals surface area contributed by atoms with E-state index < -0.39 is 0 Å². The second kappa shape index (κ2) is 7.04. The van der Waals surface area contributed by atoms with Gasteiger partial charge in [0.05, 0.1) is 25.7 Å². The molecule has 2 rings (SSSR count). The van der Waals surface area contributed by atoms with Crippen LogP contribution in [0.5, 0.6) is 0 Å². The third kappa shape index (κ3) is 3.70. The molecule has 0 aliphatic carbocycles. The highest BCUT2D eigenvalue weighted by Gasteiger charge is 2.12. The minimum atomic E-state index is -0.329. The van der Waals surface area contributed by atoms with Crippen LogP contribution < -0.4 is 0 Å². The monoisotopic (exact) mass is 304 g/mol. The quantitative estimate of drug-likeness (QED) is 0.795. The summed E-state index contributed by atoms with van der Waals surface area (Å²) >= 11 is 1.56. The molecule has 21 heavy (non-hydrogen) atoms. The van der Waals surface area contributed by atoms with Crippen molar-refractivity contribution in [2.75, 3.05) is 13.7 Å². The number of benzene rings is 1. The van der Waals surface area contributed by atoms with E-state index in [2.05, 4.69) is 0 Å². The molecular weight excluding hydrogens is 288 g/mol. The van der Waals surface area contributed by atoms with Crippen LogP contribution in [0.2, 0.25) is 0 Å². The van der Waals surface area contributed by atoms with E-state index in [9.17, 15) is 9.59 Å². The lowest BCUT2D eigenvalue weighted by atomic mass is 10.1. The largest absolute Gasteiger partial charge is 0.469 e. The average molecular weight is 304 g/mol. The Morgan fingerprint density at radius 3 is 2.48 bits per heavy atom. The molecule has 0 unspecified atom stereocenters. The topological polar surface area (TPSA) is 52.6 Å². The SMILES string of the molecule is CCOC(=O)c1ccc(-c2sccc2CC(=O)OC)cc1. The molecule has 110 valence electrons. The molecule has 0 saturated carbocycles. The van der Waals surface area contributed by atoms with Gasteiger partial charge in [0.2, 0.25) is 0 Å². The first-order valence-electron chi connectivity index (χ1n) is 6.56. The average Bonchev–Trinajstić information content (AvgIpc) is 2.95.